The quantitative estimate of drug-likeness (QED) is 0.542. The lowest BCUT2D eigenvalue weighted by Gasteiger charge is -2.07. The van der Waals surface area contributed by atoms with Crippen molar-refractivity contribution in [1.82, 2.24) is 15.0 Å². The second-order valence-electron chi connectivity index (χ2n) is 4.17. The highest BCUT2D eigenvalue weighted by Gasteiger charge is 2.14. The summed E-state index contributed by atoms with van der Waals surface area (Å²) in [5.74, 6) is 0.676. The highest BCUT2D eigenvalue weighted by atomic mass is 16.6. The number of nitrogens with zero attached hydrogens (tertiary/aromatic N) is 4. The summed E-state index contributed by atoms with van der Waals surface area (Å²) in [7, 11) is 0. The van der Waals surface area contributed by atoms with E-state index in [1.165, 1.54) is 6.07 Å². The zero-order valence-corrected chi connectivity index (χ0v) is 10.8. The van der Waals surface area contributed by atoms with E-state index in [2.05, 4.69) is 10.3 Å². The maximum Gasteiger partial charge on any atom is 0.311 e. The Balaban J connectivity index is 1.93. The Morgan fingerprint density at radius 1 is 1.14 bits per heavy atom. The summed E-state index contributed by atoms with van der Waals surface area (Å²) in [6, 6.07) is 13.3. The number of nitro benzene ring substituents is 1. The van der Waals surface area contributed by atoms with Crippen LogP contribution in [0.4, 0.5) is 5.69 Å². The molecule has 0 atom stereocenters. The third kappa shape index (κ3) is 2.71. The van der Waals surface area contributed by atoms with Gasteiger partial charge in [-0.1, -0.05) is 23.4 Å². The Hall–Kier alpha value is -3.22. The van der Waals surface area contributed by atoms with E-state index in [1.54, 1.807) is 53.5 Å². The Morgan fingerprint density at radius 3 is 2.76 bits per heavy atom. The third-order valence-electron chi connectivity index (χ3n) is 2.79. The first-order valence-electron chi connectivity index (χ1n) is 6.12. The predicted molar refractivity (Wildman–Crippen MR) is 74.5 cm³/mol. The first-order valence-corrected chi connectivity index (χ1v) is 6.12. The number of ether oxygens (including phenoxy) is 1. The molecule has 0 radical (unpaired) electrons. The molecule has 3 rings (SSSR count). The minimum Gasteiger partial charge on any atom is -0.450 e. The number of para-hydroxylation sites is 2. The fraction of sp³-hybridized carbons (Fsp3) is 0. The summed E-state index contributed by atoms with van der Waals surface area (Å²) < 4.78 is 7.18. The van der Waals surface area contributed by atoms with Gasteiger partial charge < -0.3 is 4.74 Å². The van der Waals surface area contributed by atoms with Gasteiger partial charge in [-0.05, 0) is 18.2 Å². The van der Waals surface area contributed by atoms with E-state index in [0.29, 0.717) is 5.75 Å². The minimum atomic E-state index is -0.476. The van der Waals surface area contributed by atoms with Gasteiger partial charge in [-0.25, -0.2) is 4.68 Å². The lowest BCUT2D eigenvalue weighted by molar-refractivity contribution is -0.385. The van der Waals surface area contributed by atoms with E-state index in [9.17, 15) is 10.1 Å². The molecule has 1 aromatic heterocycles. The molecule has 21 heavy (non-hydrogen) atoms. The van der Waals surface area contributed by atoms with Crippen molar-refractivity contribution in [3.63, 3.8) is 0 Å². The zero-order chi connectivity index (χ0) is 14.7. The number of benzene rings is 2. The maximum atomic E-state index is 11.0. The largest absolute Gasteiger partial charge is 0.450 e. The molecular weight excluding hydrogens is 272 g/mol. The second kappa shape index (κ2) is 5.41. The summed E-state index contributed by atoms with van der Waals surface area (Å²) in [6.45, 7) is 0. The lowest BCUT2D eigenvalue weighted by Crippen LogP contribution is -1.96. The van der Waals surface area contributed by atoms with E-state index in [4.69, 9.17) is 4.74 Å². The number of hydrogen-bond donors (Lipinski definition) is 0. The lowest BCUT2D eigenvalue weighted by atomic mass is 10.3. The molecule has 0 aliphatic rings. The van der Waals surface area contributed by atoms with Crippen molar-refractivity contribution in [2.45, 2.75) is 0 Å². The number of nitro groups is 1. The Kier molecular flexibility index (Phi) is 3.30. The van der Waals surface area contributed by atoms with Gasteiger partial charge in [0.15, 0.2) is 0 Å². The van der Waals surface area contributed by atoms with Crippen LogP contribution in [0, 0.1) is 10.1 Å². The first kappa shape index (κ1) is 12.8. The summed E-state index contributed by atoms with van der Waals surface area (Å²) in [6.07, 6.45) is 3.26. The molecule has 0 saturated heterocycles. The normalized spacial score (nSPS) is 10.3. The molecular formula is C14H10N4O3. The van der Waals surface area contributed by atoms with Crippen LogP contribution in [-0.2, 0) is 0 Å². The van der Waals surface area contributed by atoms with Crippen LogP contribution in [0.2, 0.25) is 0 Å². The molecule has 0 aliphatic carbocycles. The average molecular weight is 282 g/mol. The van der Waals surface area contributed by atoms with Crippen molar-refractivity contribution in [3.8, 4) is 17.2 Å². The number of hydrogen-bond acceptors (Lipinski definition) is 5. The summed E-state index contributed by atoms with van der Waals surface area (Å²) >= 11 is 0. The average Bonchev–Trinajstić information content (AvgIpc) is 3.02. The molecule has 0 N–H and O–H groups in total. The molecule has 0 unspecified atom stereocenters. The highest BCUT2D eigenvalue weighted by Crippen LogP contribution is 2.31. The Morgan fingerprint density at radius 2 is 2.00 bits per heavy atom. The van der Waals surface area contributed by atoms with E-state index in [-0.39, 0.29) is 11.4 Å². The van der Waals surface area contributed by atoms with Crippen molar-refractivity contribution >= 4 is 5.69 Å². The van der Waals surface area contributed by atoms with Crippen molar-refractivity contribution in [3.05, 3.63) is 71.0 Å². The van der Waals surface area contributed by atoms with Crippen LogP contribution in [0.5, 0.6) is 11.5 Å². The van der Waals surface area contributed by atoms with E-state index in [1.807, 2.05) is 6.07 Å². The minimum absolute atomic E-state index is 0.0799. The third-order valence-corrected chi connectivity index (χ3v) is 2.79. The molecule has 7 nitrogen and oxygen atoms in total. The molecule has 0 bridgehead atoms. The van der Waals surface area contributed by atoms with Crippen LogP contribution in [0.25, 0.3) is 5.69 Å². The Labute approximate surface area is 119 Å². The fourth-order valence-corrected chi connectivity index (χ4v) is 1.86. The SMILES string of the molecule is O=[N+]([O-])c1ccccc1Oc1cccc(-n2ccnn2)c1. The monoisotopic (exact) mass is 282 g/mol. The number of aromatic nitrogens is 3. The Bertz CT molecular complexity index is 771. The van der Waals surface area contributed by atoms with E-state index in [0.717, 1.165) is 5.69 Å². The van der Waals surface area contributed by atoms with Crippen molar-refractivity contribution in [2.75, 3.05) is 0 Å². The van der Waals surface area contributed by atoms with Gasteiger partial charge in [-0.3, -0.25) is 10.1 Å². The molecule has 2 aromatic carbocycles. The van der Waals surface area contributed by atoms with E-state index >= 15 is 0 Å². The van der Waals surface area contributed by atoms with Crippen LogP contribution < -0.4 is 4.74 Å². The fourth-order valence-electron chi connectivity index (χ4n) is 1.86. The highest BCUT2D eigenvalue weighted by molar-refractivity contribution is 5.49. The van der Waals surface area contributed by atoms with Gasteiger partial charge in [0.25, 0.3) is 0 Å². The van der Waals surface area contributed by atoms with Gasteiger partial charge in [0.05, 0.1) is 23.0 Å². The van der Waals surface area contributed by atoms with Crippen molar-refractivity contribution in [2.24, 2.45) is 0 Å². The molecule has 0 amide bonds. The van der Waals surface area contributed by atoms with Gasteiger partial charge in [0.1, 0.15) is 5.75 Å². The number of rotatable bonds is 4. The van der Waals surface area contributed by atoms with Gasteiger partial charge in [0, 0.05) is 12.1 Å². The van der Waals surface area contributed by atoms with Crippen LogP contribution >= 0.6 is 0 Å². The molecule has 1 heterocycles. The summed E-state index contributed by atoms with van der Waals surface area (Å²) in [4.78, 5) is 10.5. The second-order valence-corrected chi connectivity index (χ2v) is 4.17. The van der Waals surface area contributed by atoms with Gasteiger partial charge in [-0.2, -0.15) is 0 Å². The standard InChI is InChI=1S/C14H10N4O3/c19-18(20)13-6-1-2-7-14(13)21-12-5-3-4-11(10-12)17-9-8-15-16-17/h1-10H. The topological polar surface area (TPSA) is 83.1 Å². The van der Waals surface area contributed by atoms with Crippen LogP contribution in [0.15, 0.2) is 60.9 Å². The van der Waals surface area contributed by atoms with Crippen LogP contribution in [-0.4, -0.2) is 19.9 Å². The molecule has 0 saturated carbocycles. The zero-order valence-electron chi connectivity index (χ0n) is 10.8. The smallest absolute Gasteiger partial charge is 0.311 e. The van der Waals surface area contributed by atoms with Crippen molar-refractivity contribution in [1.29, 1.82) is 0 Å². The van der Waals surface area contributed by atoms with Gasteiger partial charge in [0.2, 0.25) is 5.75 Å². The predicted octanol–water partition coefficient (Wildman–Crippen LogP) is 2.97. The molecule has 104 valence electrons. The van der Waals surface area contributed by atoms with Gasteiger partial charge in [-0.15, -0.1) is 5.10 Å². The van der Waals surface area contributed by atoms with Crippen LogP contribution in [0.3, 0.4) is 0 Å². The molecule has 0 spiro atoms. The summed E-state index contributed by atoms with van der Waals surface area (Å²) in [5.41, 5.74) is 0.673. The molecule has 3 aromatic rings. The maximum absolute atomic E-state index is 11.0. The molecule has 7 heteroatoms. The molecule has 0 fully saturated rings. The van der Waals surface area contributed by atoms with Crippen LogP contribution in [0.1, 0.15) is 0 Å². The molecule has 0 aliphatic heterocycles. The first-order chi connectivity index (χ1) is 10.2. The van der Waals surface area contributed by atoms with E-state index < -0.39 is 4.92 Å². The van der Waals surface area contributed by atoms with Crippen molar-refractivity contribution < 1.29 is 9.66 Å². The summed E-state index contributed by atoms with van der Waals surface area (Å²) in [5, 5.41) is 18.6. The van der Waals surface area contributed by atoms with Gasteiger partial charge >= 0.3 is 5.69 Å².